The van der Waals surface area contributed by atoms with E-state index in [1.807, 2.05) is 66.7 Å². The third-order valence-corrected chi connectivity index (χ3v) is 8.35. The number of aromatic nitrogens is 1. The second-order valence-electron chi connectivity index (χ2n) is 7.90. The minimum absolute atomic E-state index is 0.0495. The molecule has 1 heterocycles. The lowest BCUT2D eigenvalue weighted by molar-refractivity contribution is 0.101. The van der Waals surface area contributed by atoms with E-state index in [-0.39, 0.29) is 11.7 Å². The van der Waals surface area contributed by atoms with Gasteiger partial charge in [-0.3, -0.25) is 9.59 Å². The van der Waals surface area contributed by atoms with Crippen molar-refractivity contribution in [2.24, 2.45) is 0 Å². The van der Waals surface area contributed by atoms with Crippen molar-refractivity contribution in [2.75, 3.05) is 11.1 Å². The number of ketones is 1. The van der Waals surface area contributed by atoms with E-state index in [1.165, 1.54) is 29.2 Å². The Morgan fingerprint density at radius 3 is 2.28 bits per heavy atom. The molecule has 1 N–H and O–H groups in total. The van der Waals surface area contributed by atoms with Gasteiger partial charge in [0.05, 0.1) is 26.0 Å². The normalized spacial score (nSPS) is 10.9. The number of hydrogen-bond donors (Lipinski definition) is 1. The number of benzene rings is 4. The summed E-state index contributed by atoms with van der Waals surface area (Å²) < 4.78 is 1.72. The van der Waals surface area contributed by atoms with Crippen LogP contribution in [0.15, 0.2) is 95.3 Å². The van der Waals surface area contributed by atoms with Gasteiger partial charge in [-0.1, -0.05) is 89.6 Å². The molecule has 4 nitrogen and oxygen atoms in total. The smallest absolute Gasteiger partial charge is 0.255 e. The molecule has 0 saturated carbocycles. The van der Waals surface area contributed by atoms with Crippen LogP contribution < -0.4 is 5.32 Å². The van der Waals surface area contributed by atoms with Crippen LogP contribution in [0.25, 0.3) is 21.3 Å². The highest BCUT2D eigenvalue weighted by Crippen LogP contribution is 2.32. The lowest BCUT2D eigenvalue weighted by atomic mass is 10.0. The molecular weight excluding hydrogens is 531 g/mol. The van der Waals surface area contributed by atoms with E-state index in [0.29, 0.717) is 32.6 Å². The Kier molecular flexibility index (Phi) is 7.39. The fourth-order valence-electron chi connectivity index (χ4n) is 3.57. The number of amides is 1. The van der Waals surface area contributed by atoms with Crippen molar-refractivity contribution in [3.63, 3.8) is 0 Å². The van der Waals surface area contributed by atoms with E-state index < -0.39 is 0 Å². The summed E-state index contributed by atoms with van der Waals surface area (Å²) in [6.07, 6.45) is 0. The standard InChI is InChI=1S/C28H18Cl2N2O2S2/c29-22-12-10-20(14-23(22)30)27(34)31-21-11-13-24-26(15-21)36-28(32-24)35-16-25(33)19-8-6-18(7-9-19)17-4-2-1-3-5-17/h1-15H,16H2,(H,31,34). The largest absolute Gasteiger partial charge is 0.322 e. The maximum atomic E-state index is 12.7. The van der Waals surface area contributed by atoms with Crippen LogP contribution in [0.2, 0.25) is 10.0 Å². The van der Waals surface area contributed by atoms with Crippen LogP contribution in [0.3, 0.4) is 0 Å². The third kappa shape index (κ3) is 5.63. The van der Waals surface area contributed by atoms with E-state index in [4.69, 9.17) is 23.2 Å². The molecule has 5 aromatic rings. The second kappa shape index (κ2) is 10.8. The van der Waals surface area contributed by atoms with Crippen molar-refractivity contribution < 1.29 is 9.59 Å². The Balaban J connectivity index is 1.23. The number of Topliss-reactive ketones (excluding diaryl/α,β-unsaturated/α-hetero) is 1. The molecule has 0 spiro atoms. The maximum absolute atomic E-state index is 12.7. The highest BCUT2D eigenvalue weighted by molar-refractivity contribution is 8.01. The summed E-state index contributed by atoms with van der Waals surface area (Å²) in [5, 5.41) is 3.59. The first-order valence-electron chi connectivity index (χ1n) is 10.9. The van der Waals surface area contributed by atoms with Crippen LogP contribution in [0.5, 0.6) is 0 Å². The number of thioether (sulfide) groups is 1. The summed E-state index contributed by atoms with van der Waals surface area (Å²) in [4.78, 5) is 29.9. The number of thiazole rings is 1. The molecule has 0 atom stereocenters. The number of nitrogens with zero attached hydrogens (tertiary/aromatic N) is 1. The topological polar surface area (TPSA) is 59.1 Å². The zero-order valence-corrected chi connectivity index (χ0v) is 21.8. The van der Waals surface area contributed by atoms with Crippen LogP contribution in [0, 0.1) is 0 Å². The predicted octanol–water partition coefficient (Wildman–Crippen LogP) is 8.50. The summed E-state index contributed by atoms with van der Waals surface area (Å²) in [7, 11) is 0. The monoisotopic (exact) mass is 548 g/mol. The molecule has 178 valence electrons. The zero-order valence-electron chi connectivity index (χ0n) is 18.7. The first-order chi connectivity index (χ1) is 17.5. The molecule has 0 unspecified atom stereocenters. The number of carbonyl (C=O) groups is 2. The lowest BCUT2D eigenvalue weighted by Crippen LogP contribution is -2.11. The first-order valence-corrected chi connectivity index (χ1v) is 13.5. The van der Waals surface area contributed by atoms with Gasteiger partial charge in [-0.2, -0.15) is 0 Å². The minimum Gasteiger partial charge on any atom is -0.322 e. The Hall–Kier alpha value is -3.16. The number of rotatable bonds is 7. The number of anilines is 1. The summed E-state index contributed by atoms with van der Waals surface area (Å²) in [5.74, 6) is 0.0650. The number of nitrogens with one attached hydrogen (secondary N) is 1. The molecule has 0 aliphatic heterocycles. The van der Waals surface area contributed by atoms with Gasteiger partial charge in [-0.05, 0) is 47.5 Å². The number of hydrogen-bond acceptors (Lipinski definition) is 5. The van der Waals surface area contributed by atoms with Crippen LogP contribution >= 0.6 is 46.3 Å². The number of fused-ring (bicyclic) bond motifs is 1. The molecule has 0 aliphatic carbocycles. The van der Waals surface area contributed by atoms with Gasteiger partial charge in [0.15, 0.2) is 10.1 Å². The van der Waals surface area contributed by atoms with Crippen molar-refractivity contribution in [1.82, 2.24) is 4.98 Å². The van der Waals surface area contributed by atoms with Crippen molar-refractivity contribution in [3.8, 4) is 11.1 Å². The fraction of sp³-hybridized carbons (Fsp3) is 0.0357. The van der Waals surface area contributed by atoms with Crippen molar-refractivity contribution in [3.05, 3.63) is 112 Å². The van der Waals surface area contributed by atoms with Gasteiger partial charge in [-0.25, -0.2) is 4.98 Å². The van der Waals surface area contributed by atoms with Crippen LogP contribution in [0.4, 0.5) is 5.69 Å². The van der Waals surface area contributed by atoms with Gasteiger partial charge in [0.2, 0.25) is 0 Å². The molecule has 1 aromatic heterocycles. The van der Waals surface area contributed by atoms with Crippen molar-refractivity contribution >= 4 is 73.9 Å². The number of carbonyl (C=O) groups excluding carboxylic acids is 2. The van der Waals surface area contributed by atoms with Crippen LogP contribution in [0.1, 0.15) is 20.7 Å². The highest BCUT2D eigenvalue weighted by Gasteiger charge is 2.13. The van der Waals surface area contributed by atoms with E-state index in [9.17, 15) is 9.59 Å². The average molecular weight is 550 g/mol. The van der Waals surface area contributed by atoms with Gasteiger partial charge in [-0.15, -0.1) is 11.3 Å². The minimum atomic E-state index is -0.282. The van der Waals surface area contributed by atoms with Gasteiger partial charge in [0.1, 0.15) is 0 Å². The van der Waals surface area contributed by atoms with Gasteiger partial charge in [0, 0.05) is 16.8 Å². The van der Waals surface area contributed by atoms with Gasteiger partial charge >= 0.3 is 0 Å². The molecule has 0 saturated heterocycles. The predicted molar refractivity (Wildman–Crippen MR) is 151 cm³/mol. The highest BCUT2D eigenvalue weighted by atomic mass is 35.5. The molecular formula is C28H18Cl2N2O2S2. The molecule has 8 heteroatoms. The summed E-state index contributed by atoms with van der Waals surface area (Å²) in [6.45, 7) is 0. The molecule has 0 aliphatic rings. The van der Waals surface area contributed by atoms with Crippen LogP contribution in [-0.4, -0.2) is 22.4 Å². The number of halogens is 2. The summed E-state index contributed by atoms with van der Waals surface area (Å²) in [6, 6.07) is 28.0. The second-order valence-corrected chi connectivity index (χ2v) is 11.0. The Morgan fingerprint density at radius 1 is 0.806 bits per heavy atom. The average Bonchev–Trinajstić information content (AvgIpc) is 3.31. The summed E-state index contributed by atoms with van der Waals surface area (Å²) in [5.41, 5.74) is 4.75. The first kappa shape index (κ1) is 24.5. The molecule has 0 radical (unpaired) electrons. The Labute approximate surface area is 226 Å². The quantitative estimate of drug-likeness (QED) is 0.163. The zero-order chi connectivity index (χ0) is 25.1. The fourth-order valence-corrected chi connectivity index (χ4v) is 5.87. The van der Waals surface area contributed by atoms with E-state index >= 15 is 0 Å². The Bertz CT molecular complexity index is 1570. The van der Waals surface area contributed by atoms with Gasteiger partial charge < -0.3 is 5.32 Å². The summed E-state index contributed by atoms with van der Waals surface area (Å²) >= 11 is 14.8. The molecule has 36 heavy (non-hydrogen) atoms. The Morgan fingerprint density at radius 2 is 1.53 bits per heavy atom. The maximum Gasteiger partial charge on any atom is 0.255 e. The van der Waals surface area contributed by atoms with Crippen molar-refractivity contribution in [1.29, 1.82) is 0 Å². The van der Waals surface area contributed by atoms with Crippen LogP contribution in [-0.2, 0) is 0 Å². The van der Waals surface area contributed by atoms with E-state index in [2.05, 4.69) is 10.3 Å². The molecule has 4 aromatic carbocycles. The van der Waals surface area contributed by atoms with Gasteiger partial charge in [0.25, 0.3) is 5.91 Å². The third-order valence-electron chi connectivity index (χ3n) is 5.45. The SMILES string of the molecule is O=C(CSc1nc2ccc(NC(=O)c3ccc(Cl)c(Cl)c3)cc2s1)c1ccc(-c2ccccc2)cc1. The molecule has 0 bridgehead atoms. The lowest BCUT2D eigenvalue weighted by Gasteiger charge is -2.06. The molecule has 1 amide bonds. The van der Waals surface area contributed by atoms with E-state index in [0.717, 1.165) is 25.7 Å². The molecule has 0 fully saturated rings. The van der Waals surface area contributed by atoms with Crippen molar-refractivity contribution in [2.45, 2.75) is 4.34 Å². The molecule has 5 rings (SSSR count). The van der Waals surface area contributed by atoms with E-state index in [1.54, 1.807) is 18.2 Å².